The first-order chi connectivity index (χ1) is 2.50. The van der Waals surface area contributed by atoms with Gasteiger partial charge in [0.15, 0.2) is 0 Å². The van der Waals surface area contributed by atoms with Crippen LogP contribution in [0.5, 0.6) is 0 Å². The van der Waals surface area contributed by atoms with E-state index in [9.17, 15) is 0 Å². The van der Waals surface area contributed by atoms with Crippen LogP contribution in [0.15, 0.2) is 18.5 Å². The minimum Gasteiger partial charge on any atom is -0.286 e. The predicted molar refractivity (Wildman–Crippen MR) is 18.6 cm³/mol. The zero-order chi connectivity index (χ0) is 3.54. The molecule has 0 unspecified atom stereocenters. The molecule has 1 N–H and O–H groups in total. The monoisotopic (exact) mass is 124 g/mol. The van der Waals surface area contributed by atoms with Crippen molar-refractivity contribution in [1.29, 1.82) is 0 Å². The maximum Gasteiger partial charge on any atom is 0.0487 e. The van der Waals surface area contributed by atoms with Gasteiger partial charge in [0, 0.05) is 29.5 Å². The third-order valence-corrected chi connectivity index (χ3v) is 0.406. The van der Waals surface area contributed by atoms with Gasteiger partial charge in [0.05, 0.1) is 0 Å². The number of hydrogen-bond acceptors (Lipinski definition) is 1. The minimum atomic E-state index is 0. The van der Waals surface area contributed by atoms with Crippen molar-refractivity contribution in [2.24, 2.45) is 0 Å². The summed E-state index contributed by atoms with van der Waals surface area (Å²) in [6, 6.07) is 1.83. The zero-order valence-electron chi connectivity index (χ0n) is 3.03. The summed E-state index contributed by atoms with van der Waals surface area (Å²) in [5.74, 6) is 0. The first-order valence-electron chi connectivity index (χ1n) is 1.44. The third-order valence-electron chi connectivity index (χ3n) is 0.406. The summed E-state index contributed by atoms with van der Waals surface area (Å²) in [7, 11) is 0. The molecule has 1 rings (SSSR count). The normalized spacial score (nSPS) is 6.67. The van der Waals surface area contributed by atoms with E-state index in [-0.39, 0.29) is 17.1 Å². The second kappa shape index (κ2) is 2.94. The molecule has 34 valence electrons. The van der Waals surface area contributed by atoms with Crippen molar-refractivity contribution >= 4 is 0 Å². The van der Waals surface area contributed by atoms with Crippen LogP contribution in [0.2, 0.25) is 0 Å². The number of aromatic nitrogens is 2. The van der Waals surface area contributed by atoms with Gasteiger partial charge in [-0.3, -0.25) is 5.10 Å². The first-order valence-corrected chi connectivity index (χ1v) is 1.44. The molecule has 0 saturated carbocycles. The van der Waals surface area contributed by atoms with Gasteiger partial charge in [0.2, 0.25) is 0 Å². The van der Waals surface area contributed by atoms with E-state index < -0.39 is 0 Å². The molecule has 0 saturated heterocycles. The van der Waals surface area contributed by atoms with Crippen LogP contribution in [0.25, 0.3) is 0 Å². The number of hydrogen-bond donors (Lipinski definition) is 1. The Morgan fingerprint density at radius 3 is 2.50 bits per heavy atom. The maximum atomic E-state index is 3.60. The summed E-state index contributed by atoms with van der Waals surface area (Å²) in [5.41, 5.74) is 0. The van der Waals surface area contributed by atoms with Gasteiger partial charge in [-0.25, -0.2) is 0 Å². The maximum absolute atomic E-state index is 3.60. The average Bonchev–Trinajstić information content (AvgIpc) is 1.76. The zero-order valence-corrected chi connectivity index (χ0v) is 4.14. The Labute approximate surface area is 46.4 Å². The SMILES string of the molecule is [Fe].c1cn[nH]c1. The summed E-state index contributed by atoms with van der Waals surface area (Å²) in [4.78, 5) is 0. The van der Waals surface area contributed by atoms with E-state index in [1.54, 1.807) is 12.4 Å². The van der Waals surface area contributed by atoms with Crippen LogP contribution in [0.4, 0.5) is 0 Å². The molecule has 1 aromatic heterocycles. The van der Waals surface area contributed by atoms with E-state index in [4.69, 9.17) is 0 Å². The van der Waals surface area contributed by atoms with Crippen molar-refractivity contribution in [3.63, 3.8) is 0 Å². The fourth-order valence-corrected chi connectivity index (χ4v) is 0.215. The Hall–Kier alpha value is -0.271. The molecule has 0 atom stereocenters. The van der Waals surface area contributed by atoms with Crippen LogP contribution in [0.1, 0.15) is 0 Å². The summed E-state index contributed by atoms with van der Waals surface area (Å²) in [6.07, 6.45) is 3.46. The molecular formula is C3H4FeN2. The molecule has 0 spiro atoms. The number of aromatic amines is 1. The van der Waals surface area contributed by atoms with E-state index in [2.05, 4.69) is 10.2 Å². The number of H-pyrrole nitrogens is 1. The molecule has 0 aliphatic carbocycles. The molecule has 3 heteroatoms. The average molecular weight is 124 g/mol. The van der Waals surface area contributed by atoms with Crippen molar-refractivity contribution in [3.05, 3.63) is 18.5 Å². The molecule has 1 aromatic rings. The molecule has 0 fully saturated rings. The van der Waals surface area contributed by atoms with E-state index in [1.807, 2.05) is 6.07 Å². The minimum absolute atomic E-state index is 0. The molecule has 0 amide bonds. The quantitative estimate of drug-likeness (QED) is 0.498. The molecular weight excluding hydrogens is 120 g/mol. The smallest absolute Gasteiger partial charge is 0.0487 e. The van der Waals surface area contributed by atoms with Crippen molar-refractivity contribution in [2.75, 3.05) is 0 Å². The van der Waals surface area contributed by atoms with E-state index in [1.165, 1.54) is 0 Å². The Morgan fingerprint density at radius 1 is 1.50 bits per heavy atom. The van der Waals surface area contributed by atoms with Gasteiger partial charge < -0.3 is 0 Å². The van der Waals surface area contributed by atoms with Crippen LogP contribution in [-0.2, 0) is 17.1 Å². The second-order valence-electron chi connectivity index (χ2n) is 0.766. The van der Waals surface area contributed by atoms with E-state index >= 15 is 0 Å². The molecule has 0 aromatic carbocycles. The molecule has 0 bridgehead atoms. The topological polar surface area (TPSA) is 28.7 Å². The van der Waals surface area contributed by atoms with Crippen LogP contribution in [0.3, 0.4) is 0 Å². The first kappa shape index (κ1) is 5.73. The van der Waals surface area contributed by atoms with Gasteiger partial charge in [-0.2, -0.15) is 5.10 Å². The van der Waals surface area contributed by atoms with Gasteiger partial charge in [-0.1, -0.05) is 0 Å². The summed E-state index contributed by atoms with van der Waals surface area (Å²) in [5, 5.41) is 6.21. The van der Waals surface area contributed by atoms with Gasteiger partial charge in [0.25, 0.3) is 0 Å². The fraction of sp³-hybridized carbons (Fsp3) is 0. The molecule has 1 heterocycles. The van der Waals surface area contributed by atoms with Crippen LogP contribution < -0.4 is 0 Å². The molecule has 6 heavy (non-hydrogen) atoms. The Bertz CT molecular complexity index is 65.3. The van der Waals surface area contributed by atoms with Crippen molar-refractivity contribution in [1.82, 2.24) is 10.2 Å². The van der Waals surface area contributed by atoms with Gasteiger partial charge in [0.1, 0.15) is 0 Å². The molecule has 0 aliphatic rings. The predicted octanol–water partition coefficient (Wildman–Crippen LogP) is 0.407. The van der Waals surface area contributed by atoms with Crippen LogP contribution in [-0.4, -0.2) is 10.2 Å². The van der Waals surface area contributed by atoms with Crippen LogP contribution in [0, 0.1) is 0 Å². The Balaban J connectivity index is 0.000000250. The third kappa shape index (κ3) is 1.24. The molecule has 2 nitrogen and oxygen atoms in total. The van der Waals surface area contributed by atoms with Gasteiger partial charge in [-0.15, -0.1) is 0 Å². The number of nitrogens with zero attached hydrogens (tertiary/aromatic N) is 1. The Morgan fingerprint density at radius 2 is 2.33 bits per heavy atom. The van der Waals surface area contributed by atoms with Crippen LogP contribution >= 0.6 is 0 Å². The molecule has 0 aliphatic heterocycles. The summed E-state index contributed by atoms with van der Waals surface area (Å²) in [6.45, 7) is 0. The number of nitrogens with one attached hydrogen (secondary N) is 1. The summed E-state index contributed by atoms with van der Waals surface area (Å²) < 4.78 is 0. The largest absolute Gasteiger partial charge is 0.286 e. The second-order valence-corrected chi connectivity index (χ2v) is 0.766. The fourth-order valence-electron chi connectivity index (χ4n) is 0.215. The molecule has 0 radical (unpaired) electrons. The van der Waals surface area contributed by atoms with Gasteiger partial charge >= 0.3 is 0 Å². The number of rotatable bonds is 0. The van der Waals surface area contributed by atoms with E-state index in [0.717, 1.165) is 0 Å². The van der Waals surface area contributed by atoms with Crippen molar-refractivity contribution in [3.8, 4) is 0 Å². The Kier molecular flexibility index (Phi) is 2.81. The standard InChI is InChI=1S/C3H4N2.Fe/c1-2-4-5-3-1;/h1-3H,(H,4,5);. The van der Waals surface area contributed by atoms with Crippen molar-refractivity contribution in [2.45, 2.75) is 0 Å². The van der Waals surface area contributed by atoms with Gasteiger partial charge in [-0.05, 0) is 6.07 Å². The summed E-state index contributed by atoms with van der Waals surface area (Å²) >= 11 is 0. The van der Waals surface area contributed by atoms with Crippen molar-refractivity contribution < 1.29 is 17.1 Å². The van der Waals surface area contributed by atoms with E-state index in [0.29, 0.717) is 0 Å².